The van der Waals surface area contributed by atoms with Crippen LogP contribution >= 0.6 is 12.6 Å². The Morgan fingerprint density at radius 1 is 1.50 bits per heavy atom. The molecule has 0 aliphatic carbocycles. The molecule has 10 heavy (non-hydrogen) atoms. The van der Waals surface area contributed by atoms with Crippen molar-refractivity contribution in [3.8, 4) is 0 Å². The maximum absolute atomic E-state index is 5.22. The highest BCUT2D eigenvalue weighted by Crippen LogP contribution is 2.19. The molecule has 1 aromatic rings. The van der Waals surface area contributed by atoms with Gasteiger partial charge >= 0.3 is 0 Å². The van der Waals surface area contributed by atoms with E-state index in [1.165, 1.54) is 5.56 Å². The Balaban J connectivity index is 3.09. The Morgan fingerprint density at radius 3 is 2.70 bits per heavy atom. The van der Waals surface area contributed by atoms with Crippen molar-refractivity contribution in [1.82, 2.24) is 0 Å². The minimum absolute atomic E-state index is 0.864. The van der Waals surface area contributed by atoms with Gasteiger partial charge in [-0.25, -0.2) is 0 Å². The molecule has 0 aliphatic rings. The number of nitrogens with two attached hydrogens (primary N) is 1. The van der Waals surface area contributed by atoms with Gasteiger partial charge in [-0.15, -0.1) is 12.6 Å². The first-order chi connectivity index (χ1) is 4.74. The smallest absolute Gasteiger partial charge is 0.0621 e. The number of nitrogen functional groups attached to an aromatic ring is 1. The predicted octanol–water partition coefficient (Wildman–Crippen LogP) is 1.57. The van der Waals surface area contributed by atoms with Crippen molar-refractivity contribution in [2.45, 2.75) is 11.8 Å². The molecule has 3 N–H and O–H groups in total. The number of thiol groups is 1. The summed E-state index contributed by atoms with van der Waals surface area (Å²) in [5.41, 5.74) is 4.60. The van der Waals surface area contributed by atoms with Gasteiger partial charge in [0.25, 0.3) is 0 Å². The normalized spacial score (nSPS) is 9.50. The lowest BCUT2D eigenvalue weighted by Gasteiger charge is -2.03. The van der Waals surface area contributed by atoms with Crippen molar-refractivity contribution < 1.29 is 0 Å². The second kappa shape index (κ2) is 2.94. The van der Waals surface area contributed by atoms with Crippen LogP contribution in [-0.2, 0) is 0 Å². The number of hydrazine groups is 1. The number of rotatable bonds is 1. The van der Waals surface area contributed by atoms with Gasteiger partial charge in [-0.3, -0.25) is 5.84 Å². The lowest BCUT2D eigenvalue weighted by atomic mass is 10.2. The van der Waals surface area contributed by atoms with Crippen molar-refractivity contribution in [3.05, 3.63) is 23.8 Å². The van der Waals surface area contributed by atoms with Crippen molar-refractivity contribution in [2.24, 2.45) is 5.84 Å². The van der Waals surface area contributed by atoms with Crippen LogP contribution in [0.4, 0.5) is 5.69 Å². The number of hydrogen-bond acceptors (Lipinski definition) is 3. The molecule has 1 rings (SSSR count). The Kier molecular flexibility index (Phi) is 2.19. The Bertz CT molecular complexity index is 235. The minimum Gasteiger partial charge on any atom is -0.323 e. The molecule has 0 aliphatic heterocycles. The van der Waals surface area contributed by atoms with Crippen LogP contribution in [-0.4, -0.2) is 0 Å². The minimum atomic E-state index is 0.864. The summed E-state index contributed by atoms with van der Waals surface area (Å²) in [6, 6.07) is 5.85. The van der Waals surface area contributed by atoms with Crippen LogP contribution in [0.2, 0.25) is 0 Å². The summed E-state index contributed by atoms with van der Waals surface area (Å²) in [4.78, 5) is 0.869. The summed E-state index contributed by atoms with van der Waals surface area (Å²) in [6.45, 7) is 2.01. The number of nitrogens with one attached hydrogen (secondary N) is 1. The summed E-state index contributed by atoms with van der Waals surface area (Å²) in [6.07, 6.45) is 0. The first-order valence-corrected chi connectivity index (χ1v) is 3.45. The number of benzene rings is 1. The van der Waals surface area contributed by atoms with Crippen LogP contribution in [0.1, 0.15) is 5.56 Å². The van der Waals surface area contributed by atoms with Crippen LogP contribution in [0.25, 0.3) is 0 Å². The predicted molar refractivity (Wildman–Crippen MR) is 46.2 cm³/mol. The van der Waals surface area contributed by atoms with E-state index in [2.05, 4.69) is 18.1 Å². The summed E-state index contributed by atoms with van der Waals surface area (Å²) in [5.74, 6) is 5.22. The fourth-order valence-corrected chi connectivity index (χ4v) is 0.969. The molecule has 0 bridgehead atoms. The van der Waals surface area contributed by atoms with Crippen LogP contribution in [0.3, 0.4) is 0 Å². The van der Waals surface area contributed by atoms with E-state index < -0.39 is 0 Å². The zero-order chi connectivity index (χ0) is 7.56. The molecule has 0 saturated carbocycles. The molecule has 1 aromatic carbocycles. The quantitative estimate of drug-likeness (QED) is 0.326. The molecule has 54 valence electrons. The summed E-state index contributed by atoms with van der Waals surface area (Å²) in [5, 5.41) is 0. The molecular weight excluding hydrogens is 144 g/mol. The summed E-state index contributed by atoms with van der Waals surface area (Å²) < 4.78 is 0. The van der Waals surface area contributed by atoms with Crippen LogP contribution < -0.4 is 11.3 Å². The van der Waals surface area contributed by atoms with Crippen molar-refractivity contribution >= 4 is 18.3 Å². The first-order valence-electron chi connectivity index (χ1n) is 3.00. The SMILES string of the molecule is Cc1ccc(S)c(NN)c1. The Hall–Kier alpha value is -0.670. The van der Waals surface area contributed by atoms with Gasteiger partial charge in [0.1, 0.15) is 0 Å². The lowest BCUT2D eigenvalue weighted by molar-refractivity contribution is 1.27. The number of anilines is 1. The van der Waals surface area contributed by atoms with Crippen molar-refractivity contribution in [2.75, 3.05) is 5.43 Å². The average molecular weight is 154 g/mol. The van der Waals surface area contributed by atoms with Crippen molar-refractivity contribution in [1.29, 1.82) is 0 Å². The first kappa shape index (κ1) is 7.44. The molecule has 0 saturated heterocycles. The zero-order valence-corrected chi connectivity index (χ0v) is 6.65. The summed E-state index contributed by atoms with van der Waals surface area (Å²) in [7, 11) is 0. The summed E-state index contributed by atoms with van der Waals surface area (Å²) >= 11 is 4.18. The third-order valence-electron chi connectivity index (χ3n) is 1.31. The van der Waals surface area contributed by atoms with Gasteiger partial charge in [-0.1, -0.05) is 6.07 Å². The molecule has 3 heteroatoms. The molecule has 0 aromatic heterocycles. The molecule has 0 atom stereocenters. The standard InChI is InChI=1S/C7H10N2S/c1-5-2-3-7(10)6(4-5)9-8/h2-4,9-10H,8H2,1H3. The van der Waals surface area contributed by atoms with Gasteiger partial charge in [0.05, 0.1) is 5.69 Å². The topological polar surface area (TPSA) is 38.0 Å². The molecule has 0 spiro atoms. The van der Waals surface area contributed by atoms with Gasteiger partial charge in [0.2, 0.25) is 0 Å². The van der Waals surface area contributed by atoms with Crippen LogP contribution in [0, 0.1) is 6.92 Å². The largest absolute Gasteiger partial charge is 0.323 e. The van der Waals surface area contributed by atoms with E-state index in [9.17, 15) is 0 Å². The highest BCUT2D eigenvalue weighted by Gasteiger charge is 1.94. The number of aryl methyl sites for hydroxylation is 1. The van der Waals surface area contributed by atoms with Gasteiger partial charge < -0.3 is 5.43 Å². The van der Waals surface area contributed by atoms with E-state index in [0.29, 0.717) is 0 Å². The van der Waals surface area contributed by atoms with Crippen LogP contribution in [0.5, 0.6) is 0 Å². The van der Waals surface area contributed by atoms with Crippen LogP contribution in [0.15, 0.2) is 23.1 Å². The maximum atomic E-state index is 5.22. The zero-order valence-electron chi connectivity index (χ0n) is 5.76. The van der Waals surface area contributed by atoms with Gasteiger partial charge in [0, 0.05) is 4.90 Å². The maximum Gasteiger partial charge on any atom is 0.0621 e. The van der Waals surface area contributed by atoms with E-state index in [0.717, 1.165) is 10.6 Å². The van der Waals surface area contributed by atoms with E-state index in [4.69, 9.17) is 5.84 Å². The lowest BCUT2D eigenvalue weighted by Crippen LogP contribution is -2.07. The Labute approximate surface area is 65.8 Å². The van der Waals surface area contributed by atoms with E-state index >= 15 is 0 Å². The van der Waals surface area contributed by atoms with Gasteiger partial charge in [-0.05, 0) is 24.6 Å². The molecule has 0 heterocycles. The second-order valence-electron chi connectivity index (χ2n) is 2.16. The molecule has 0 amide bonds. The Morgan fingerprint density at radius 2 is 2.20 bits per heavy atom. The molecular formula is C7H10N2S. The van der Waals surface area contributed by atoms with Gasteiger partial charge in [-0.2, -0.15) is 0 Å². The fraction of sp³-hybridized carbons (Fsp3) is 0.143. The third kappa shape index (κ3) is 1.43. The van der Waals surface area contributed by atoms with E-state index in [1.54, 1.807) is 0 Å². The van der Waals surface area contributed by atoms with E-state index in [-0.39, 0.29) is 0 Å². The molecule has 0 radical (unpaired) electrons. The molecule has 0 unspecified atom stereocenters. The average Bonchev–Trinajstić information content (AvgIpc) is 1.94. The molecule has 2 nitrogen and oxygen atoms in total. The highest BCUT2D eigenvalue weighted by molar-refractivity contribution is 7.80. The third-order valence-corrected chi connectivity index (χ3v) is 1.70. The van der Waals surface area contributed by atoms with E-state index in [1.807, 2.05) is 25.1 Å². The fourth-order valence-electron chi connectivity index (χ4n) is 0.765. The number of hydrogen-bond donors (Lipinski definition) is 3. The van der Waals surface area contributed by atoms with Gasteiger partial charge in [0.15, 0.2) is 0 Å². The van der Waals surface area contributed by atoms with Crippen molar-refractivity contribution in [3.63, 3.8) is 0 Å². The monoisotopic (exact) mass is 154 g/mol. The second-order valence-corrected chi connectivity index (χ2v) is 2.65. The molecule has 0 fully saturated rings. The highest BCUT2D eigenvalue weighted by atomic mass is 32.1.